The molecule has 32 heavy (non-hydrogen) atoms. The lowest BCUT2D eigenvalue weighted by atomic mass is 10.1. The maximum absolute atomic E-state index is 13.8. The molecule has 0 bridgehead atoms. The Morgan fingerprint density at radius 2 is 1.88 bits per heavy atom. The van der Waals surface area contributed by atoms with Gasteiger partial charge in [0.05, 0.1) is 25.2 Å². The van der Waals surface area contributed by atoms with E-state index in [0.717, 1.165) is 42.7 Å². The van der Waals surface area contributed by atoms with Gasteiger partial charge in [-0.1, -0.05) is 0 Å². The summed E-state index contributed by atoms with van der Waals surface area (Å²) >= 11 is 0. The van der Waals surface area contributed by atoms with Crippen molar-refractivity contribution in [3.63, 3.8) is 0 Å². The predicted molar refractivity (Wildman–Crippen MR) is 112 cm³/mol. The number of fused-ring (bicyclic) bond motifs is 1. The van der Waals surface area contributed by atoms with Gasteiger partial charge in [0.2, 0.25) is 5.88 Å². The third kappa shape index (κ3) is 3.55. The summed E-state index contributed by atoms with van der Waals surface area (Å²) in [7, 11) is 1.54. The zero-order valence-electron chi connectivity index (χ0n) is 17.6. The average molecular weight is 440 g/mol. The molecule has 1 aliphatic carbocycles. The normalized spacial score (nSPS) is 15.7. The molecule has 10 heteroatoms. The fourth-order valence-corrected chi connectivity index (χ4v) is 4.32. The second kappa shape index (κ2) is 8.18. The maximum atomic E-state index is 13.8. The fraction of sp³-hybridized carbons (Fsp3) is 0.364. The van der Waals surface area contributed by atoms with Gasteiger partial charge in [0.1, 0.15) is 0 Å². The average Bonchev–Trinajstić information content (AvgIpc) is 3.44. The second-order valence-electron chi connectivity index (χ2n) is 7.84. The van der Waals surface area contributed by atoms with Crippen LogP contribution in [-0.4, -0.2) is 63.8 Å². The summed E-state index contributed by atoms with van der Waals surface area (Å²) in [5.41, 5.74) is 2.62. The quantitative estimate of drug-likeness (QED) is 0.620. The van der Waals surface area contributed by atoms with E-state index in [1.54, 1.807) is 29.1 Å². The molecule has 0 saturated carbocycles. The van der Waals surface area contributed by atoms with Crippen LogP contribution in [0.5, 0.6) is 5.88 Å². The van der Waals surface area contributed by atoms with Crippen LogP contribution in [0.15, 0.2) is 30.6 Å². The lowest BCUT2D eigenvalue weighted by molar-refractivity contribution is 0.0739. The number of ether oxygens (including phenoxy) is 1. The van der Waals surface area contributed by atoms with Gasteiger partial charge in [0.25, 0.3) is 5.91 Å². The number of benzene rings is 1. The number of hydrogen-bond donors (Lipinski definition) is 0. The fourth-order valence-electron chi connectivity index (χ4n) is 4.32. The Kier molecular flexibility index (Phi) is 5.20. The number of carbonyl (C=O) groups excluding carboxylic acids is 1. The molecule has 8 nitrogen and oxygen atoms in total. The largest absolute Gasteiger partial charge is 0.480 e. The number of piperazine rings is 1. The van der Waals surface area contributed by atoms with Crippen LogP contribution in [0.25, 0.3) is 5.69 Å². The number of nitrogens with zero attached hydrogens (tertiary/aromatic N) is 6. The van der Waals surface area contributed by atoms with Crippen LogP contribution in [0.2, 0.25) is 0 Å². The van der Waals surface area contributed by atoms with Crippen LogP contribution in [0, 0.1) is 11.6 Å². The van der Waals surface area contributed by atoms with Gasteiger partial charge in [-0.3, -0.25) is 9.78 Å². The molecule has 166 valence electrons. The topological polar surface area (TPSA) is 76.4 Å². The zero-order chi connectivity index (χ0) is 22.2. The minimum absolute atomic E-state index is 0.138. The van der Waals surface area contributed by atoms with Gasteiger partial charge in [-0.15, -0.1) is 0 Å². The van der Waals surface area contributed by atoms with Gasteiger partial charge in [-0.25, -0.2) is 13.5 Å². The molecule has 5 rings (SSSR count). The Bertz CT molecular complexity index is 1170. The predicted octanol–water partition coefficient (Wildman–Crippen LogP) is 2.40. The molecule has 0 N–H and O–H groups in total. The van der Waals surface area contributed by atoms with E-state index in [0.29, 0.717) is 49.3 Å². The maximum Gasteiger partial charge on any atom is 0.274 e. The molecular formula is C22H22F2N6O2. The van der Waals surface area contributed by atoms with Crippen molar-refractivity contribution < 1.29 is 18.3 Å². The van der Waals surface area contributed by atoms with Crippen LogP contribution >= 0.6 is 0 Å². The number of halogens is 2. The number of amides is 1. The Balaban J connectivity index is 1.36. The molecule has 1 amide bonds. The Hall–Kier alpha value is -3.56. The van der Waals surface area contributed by atoms with Crippen molar-refractivity contribution in [2.75, 3.05) is 38.2 Å². The molecule has 3 heterocycles. The minimum Gasteiger partial charge on any atom is -0.480 e. The van der Waals surface area contributed by atoms with Gasteiger partial charge >= 0.3 is 0 Å². The summed E-state index contributed by atoms with van der Waals surface area (Å²) in [4.78, 5) is 25.7. The minimum atomic E-state index is -0.936. The molecule has 0 spiro atoms. The molecule has 1 aliphatic heterocycles. The number of carbonyl (C=O) groups is 1. The van der Waals surface area contributed by atoms with Gasteiger partial charge in [0, 0.05) is 43.5 Å². The highest BCUT2D eigenvalue weighted by Crippen LogP contribution is 2.29. The van der Waals surface area contributed by atoms with E-state index >= 15 is 0 Å². The van der Waals surface area contributed by atoms with Crippen LogP contribution in [0.1, 0.15) is 28.2 Å². The standard InChI is InChI=1S/C22H22F2N6O2/c1-32-20-13-25-12-19(26-20)28-7-9-29(10-8-28)22(31)21-15-3-2-4-18(15)30(27-21)14-5-6-16(23)17(24)11-14/h5-6,11-13H,2-4,7-10H2,1H3. The van der Waals surface area contributed by atoms with Crippen molar-refractivity contribution in [1.29, 1.82) is 0 Å². The number of rotatable bonds is 4. The summed E-state index contributed by atoms with van der Waals surface area (Å²) in [6, 6.07) is 3.67. The third-order valence-electron chi connectivity index (χ3n) is 5.98. The lowest BCUT2D eigenvalue weighted by Crippen LogP contribution is -2.49. The molecule has 1 aromatic carbocycles. The SMILES string of the molecule is COc1cncc(N2CCN(C(=O)c3nn(-c4ccc(F)c(F)c4)c4c3CCC4)CC2)n1. The van der Waals surface area contributed by atoms with Gasteiger partial charge in [-0.2, -0.15) is 10.1 Å². The van der Waals surface area contributed by atoms with Gasteiger partial charge < -0.3 is 14.5 Å². The smallest absolute Gasteiger partial charge is 0.274 e. The molecule has 1 saturated heterocycles. The van der Waals surface area contributed by atoms with Crippen molar-refractivity contribution in [2.24, 2.45) is 0 Å². The summed E-state index contributed by atoms with van der Waals surface area (Å²) in [5.74, 6) is -0.831. The number of anilines is 1. The van der Waals surface area contributed by atoms with E-state index in [9.17, 15) is 13.6 Å². The second-order valence-corrected chi connectivity index (χ2v) is 7.84. The molecule has 0 radical (unpaired) electrons. The molecule has 2 aliphatic rings. The van der Waals surface area contributed by atoms with Crippen molar-refractivity contribution >= 4 is 11.7 Å². The van der Waals surface area contributed by atoms with Crippen LogP contribution in [0.3, 0.4) is 0 Å². The van der Waals surface area contributed by atoms with Crippen LogP contribution < -0.4 is 9.64 Å². The molecule has 0 unspecified atom stereocenters. The number of hydrogen-bond acceptors (Lipinski definition) is 6. The van der Waals surface area contributed by atoms with Crippen LogP contribution in [0.4, 0.5) is 14.6 Å². The van der Waals surface area contributed by atoms with E-state index < -0.39 is 11.6 Å². The van der Waals surface area contributed by atoms with Crippen molar-refractivity contribution in [2.45, 2.75) is 19.3 Å². The Morgan fingerprint density at radius 3 is 2.62 bits per heavy atom. The van der Waals surface area contributed by atoms with E-state index in [1.807, 2.05) is 0 Å². The summed E-state index contributed by atoms with van der Waals surface area (Å²) in [6.45, 7) is 2.26. The first-order valence-corrected chi connectivity index (χ1v) is 10.5. The van der Waals surface area contributed by atoms with Crippen LogP contribution in [-0.2, 0) is 12.8 Å². The van der Waals surface area contributed by atoms with E-state index in [4.69, 9.17) is 4.74 Å². The molecule has 3 aromatic rings. The molecular weight excluding hydrogens is 418 g/mol. The van der Waals surface area contributed by atoms with Crippen molar-refractivity contribution in [3.05, 3.63) is 59.2 Å². The zero-order valence-corrected chi connectivity index (χ0v) is 17.6. The highest BCUT2D eigenvalue weighted by Gasteiger charge is 2.31. The van der Waals surface area contributed by atoms with E-state index in [-0.39, 0.29) is 5.91 Å². The highest BCUT2D eigenvalue weighted by atomic mass is 19.2. The van der Waals surface area contributed by atoms with Gasteiger partial charge in [0.15, 0.2) is 23.1 Å². The number of methoxy groups -OCH3 is 1. The van der Waals surface area contributed by atoms with Gasteiger partial charge in [-0.05, 0) is 31.4 Å². The monoisotopic (exact) mass is 440 g/mol. The molecule has 1 fully saturated rings. The first kappa shape index (κ1) is 20.3. The summed E-state index contributed by atoms with van der Waals surface area (Å²) in [6.07, 6.45) is 5.62. The van der Waals surface area contributed by atoms with Crippen molar-refractivity contribution in [1.82, 2.24) is 24.6 Å². The first-order valence-electron chi connectivity index (χ1n) is 10.5. The number of aromatic nitrogens is 4. The molecule has 0 atom stereocenters. The lowest BCUT2D eigenvalue weighted by Gasteiger charge is -2.35. The summed E-state index contributed by atoms with van der Waals surface area (Å²) < 4.78 is 33.9. The van der Waals surface area contributed by atoms with E-state index in [1.165, 1.54) is 6.07 Å². The first-order chi connectivity index (χ1) is 15.5. The van der Waals surface area contributed by atoms with E-state index in [2.05, 4.69) is 20.0 Å². The Morgan fingerprint density at radius 1 is 1.06 bits per heavy atom. The third-order valence-corrected chi connectivity index (χ3v) is 5.98. The summed E-state index contributed by atoms with van der Waals surface area (Å²) in [5, 5.41) is 4.53. The van der Waals surface area contributed by atoms with Crippen molar-refractivity contribution in [3.8, 4) is 11.6 Å². The Labute approximate surface area is 183 Å². The highest BCUT2D eigenvalue weighted by molar-refractivity contribution is 5.94. The molecule has 2 aromatic heterocycles.